The van der Waals surface area contributed by atoms with Gasteiger partial charge in [0.15, 0.2) is 0 Å². The van der Waals surface area contributed by atoms with Crippen LogP contribution in [0.25, 0.3) is 5.69 Å². The second-order valence-electron chi connectivity index (χ2n) is 9.26. The molecule has 0 saturated heterocycles. The second kappa shape index (κ2) is 9.98. The molecule has 0 bridgehead atoms. The van der Waals surface area contributed by atoms with Gasteiger partial charge >= 0.3 is 6.03 Å². The number of likely N-dealkylation sites (N-methyl/N-ethyl adjacent to an activating group) is 1. The van der Waals surface area contributed by atoms with Crippen molar-refractivity contribution in [3.8, 4) is 5.69 Å². The van der Waals surface area contributed by atoms with Gasteiger partial charge in [-0.05, 0) is 31.9 Å². The number of carbonyl (C=O) groups excluding carboxylic acids is 2. The van der Waals surface area contributed by atoms with Crippen LogP contribution in [0, 0.1) is 0 Å². The van der Waals surface area contributed by atoms with E-state index >= 15 is 0 Å². The number of rotatable bonds is 6. The third-order valence-corrected chi connectivity index (χ3v) is 5.68. The monoisotopic (exact) mass is 425 g/mol. The minimum atomic E-state index is -0.238. The van der Waals surface area contributed by atoms with E-state index in [-0.39, 0.29) is 29.9 Å². The summed E-state index contributed by atoms with van der Waals surface area (Å²) in [4.78, 5) is 27.1. The molecule has 7 heteroatoms. The molecule has 3 rings (SSSR count). The summed E-state index contributed by atoms with van der Waals surface area (Å²) < 4.78 is 1.75. The molecule has 0 atom stereocenters. The van der Waals surface area contributed by atoms with Gasteiger partial charge in [-0.15, -0.1) is 0 Å². The molecule has 2 aromatic rings. The standard InChI is InChI=1S/C24H35N5O2/c1-5-28(23(31)25-18-12-8-6-9-13-18)17-22(30)26-21-16-20(24(2,3)4)27-29(21)19-14-10-7-11-15-19/h7,10-11,14-16,18H,5-6,8-9,12-13,17H2,1-4H3,(H,25,31)(H,26,30). The normalized spacial score (nSPS) is 14.8. The first-order valence-corrected chi connectivity index (χ1v) is 11.3. The average molecular weight is 426 g/mol. The van der Waals surface area contributed by atoms with Gasteiger partial charge in [-0.1, -0.05) is 58.2 Å². The molecule has 7 nitrogen and oxygen atoms in total. The maximum atomic E-state index is 12.8. The van der Waals surface area contributed by atoms with E-state index in [1.807, 2.05) is 43.3 Å². The first kappa shape index (κ1) is 22.8. The molecular formula is C24H35N5O2. The molecule has 1 fully saturated rings. The highest BCUT2D eigenvalue weighted by Crippen LogP contribution is 2.26. The lowest BCUT2D eigenvalue weighted by atomic mass is 9.92. The fraction of sp³-hybridized carbons (Fsp3) is 0.542. The van der Waals surface area contributed by atoms with Gasteiger partial charge in [0.2, 0.25) is 5.91 Å². The number of anilines is 1. The van der Waals surface area contributed by atoms with Crippen LogP contribution in [0.15, 0.2) is 36.4 Å². The molecule has 0 unspecified atom stereocenters. The van der Waals surface area contributed by atoms with Crippen molar-refractivity contribution in [3.63, 3.8) is 0 Å². The van der Waals surface area contributed by atoms with E-state index in [4.69, 9.17) is 5.10 Å². The minimum Gasteiger partial charge on any atom is -0.335 e. The van der Waals surface area contributed by atoms with Crippen molar-refractivity contribution >= 4 is 17.8 Å². The van der Waals surface area contributed by atoms with Gasteiger partial charge in [0.1, 0.15) is 12.4 Å². The molecule has 0 spiro atoms. The maximum absolute atomic E-state index is 12.8. The molecular weight excluding hydrogens is 390 g/mol. The van der Waals surface area contributed by atoms with Gasteiger partial charge in [0.25, 0.3) is 0 Å². The zero-order valence-corrected chi connectivity index (χ0v) is 19.1. The predicted octanol–water partition coefficient (Wildman–Crippen LogP) is 4.47. The van der Waals surface area contributed by atoms with E-state index in [0.29, 0.717) is 12.4 Å². The highest BCUT2D eigenvalue weighted by Gasteiger charge is 2.24. The molecule has 0 radical (unpaired) electrons. The summed E-state index contributed by atoms with van der Waals surface area (Å²) >= 11 is 0. The molecule has 1 aliphatic carbocycles. The topological polar surface area (TPSA) is 79.3 Å². The lowest BCUT2D eigenvalue weighted by molar-refractivity contribution is -0.116. The van der Waals surface area contributed by atoms with Crippen LogP contribution in [0.5, 0.6) is 0 Å². The number of hydrogen-bond acceptors (Lipinski definition) is 3. The zero-order chi connectivity index (χ0) is 22.4. The lowest BCUT2D eigenvalue weighted by Gasteiger charge is -2.27. The molecule has 31 heavy (non-hydrogen) atoms. The average Bonchev–Trinajstić information content (AvgIpc) is 3.17. The summed E-state index contributed by atoms with van der Waals surface area (Å²) in [6, 6.07) is 11.7. The van der Waals surface area contributed by atoms with Crippen LogP contribution >= 0.6 is 0 Å². The Morgan fingerprint density at radius 1 is 1.13 bits per heavy atom. The predicted molar refractivity (Wildman–Crippen MR) is 124 cm³/mol. The summed E-state index contributed by atoms with van der Waals surface area (Å²) in [6.07, 6.45) is 5.56. The quantitative estimate of drug-likeness (QED) is 0.716. The van der Waals surface area contributed by atoms with Crippen molar-refractivity contribution in [2.45, 2.75) is 71.3 Å². The van der Waals surface area contributed by atoms with E-state index in [9.17, 15) is 9.59 Å². The summed E-state index contributed by atoms with van der Waals surface area (Å²) in [5, 5.41) is 10.8. The Morgan fingerprint density at radius 2 is 1.81 bits per heavy atom. The molecule has 168 valence electrons. The van der Waals surface area contributed by atoms with Crippen LogP contribution in [0.4, 0.5) is 10.6 Å². The molecule has 1 aliphatic rings. The van der Waals surface area contributed by atoms with Gasteiger partial charge in [-0.25, -0.2) is 9.48 Å². The Balaban J connectivity index is 1.71. The van der Waals surface area contributed by atoms with E-state index in [1.165, 1.54) is 6.42 Å². The number of amides is 3. The number of urea groups is 1. The second-order valence-corrected chi connectivity index (χ2v) is 9.26. The summed E-state index contributed by atoms with van der Waals surface area (Å²) in [6.45, 7) is 8.62. The molecule has 3 amide bonds. The van der Waals surface area contributed by atoms with E-state index in [2.05, 4.69) is 31.4 Å². The minimum absolute atomic E-state index is 0.000125. The van der Waals surface area contributed by atoms with E-state index in [0.717, 1.165) is 37.1 Å². The van der Waals surface area contributed by atoms with Crippen LogP contribution in [0.2, 0.25) is 0 Å². The number of nitrogens with one attached hydrogen (secondary N) is 2. The Hall–Kier alpha value is -2.83. The van der Waals surface area contributed by atoms with Crippen molar-refractivity contribution in [3.05, 3.63) is 42.1 Å². The number of carbonyl (C=O) groups is 2. The SMILES string of the molecule is CCN(CC(=O)Nc1cc(C(C)(C)C)nn1-c1ccccc1)C(=O)NC1CCCCC1. The molecule has 1 heterocycles. The fourth-order valence-electron chi connectivity index (χ4n) is 3.80. The molecule has 0 aliphatic heterocycles. The highest BCUT2D eigenvalue weighted by atomic mass is 16.2. The van der Waals surface area contributed by atoms with Crippen molar-refractivity contribution in [1.82, 2.24) is 20.0 Å². The Morgan fingerprint density at radius 3 is 2.42 bits per heavy atom. The van der Waals surface area contributed by atoms with Crippen molar-refractivity contribution < 1.29 is 9.59 Å². The van der Waals surface area contributed by atoms with Crippen molar-refractivity contribution in [1.29, 1.82) is 0 Å². The molecule has 1 aromatic carbocycles. The van der Waals surface area contributed by atoms with Gasteiger partial charge in [-0.3, -0.25) is 4.79 Å². The zero-order valence-electron chi connectivity index (χ0n) is 19.1. The number of para-hydroxylation sites is 1. The van der Waals surface area contributed by atoms with E-state index in [1.54, 1.807) is 9.58 Å². The Kier molecular flexibility index (Phi) is 7.36. The number of aromatic nitrogens is 2. The fourth-order valence-corrected chi connectivity index (χ4v) is 3.80. The van der Waals surface area contributed by atoms with Crippen LogP contribution in [-0.4, -0.2) is 45.8 Å². The maximum Gasteiger partial charge on any atom is 0.318 e. The van der Waals surface area contributed by atoms with Gasteiger partial charge < -0.3 is 15.5 Å². The van der Waals surface area contributed by atoms with Crippen LogP contribution < -0.4 is 10.6 Å². The van der Waals surface area contributed by atoms with Crippen LogP contribution in [0.3, 0.4) is 0 Å². The molecule has 2 N–H and O–H groups in total. The Bertz CT molecular complexity index is 879. The van der Waals surface area contributed by atoms with Gasteiger partial charge in [-0.2, -0.15) is 5.10 Å². The van der Waals surface area contributed by atoms with Crippen LogP contribution in [0.1, 0.15) is 65.5 Å². The molecule has 1 saturated carbocycles. The molecule has 1 aromatic heterocycles. The summed E-state index contributed by atoms with van der Waals surface area (Å²) in [5.41, 5.74) is 1.60. The third kappa shape index (κ3) is 6.09. The first-order chi connectivity index (χ1) is 14.8. The van der Waals surface area contributed by atoms with Crippen LogP contribution in [-0.2, 0) is 10.2 Å². The highest BCUT2D eigenvalue weighted by molar-refractivity contribution is 5.94. The van der Waals surface area contributed by atoms with Gasteiger partial charge in [0, 0.05) is 24.1 Å². The third-order valence-electron chi connectivity index (χ3n) is 5.68. The van der Waals surface area contributed by atoms with Gasteiger partial charge in [0.05, 0.1) is 11.4 Å². The summed E-state index contributed by atoms with van der Waals surface area (Å²) in [7, 11) is 0. The van der Waals surface area contributed by atoms with E-state index < -0.39 is 0 Å². The number of hydrogen-bond donors (Lipinski definition) is 2. The van der Waals surface area contributed by atoms with Crippen molar-refractivity contribution in [2.75, 3.05) is 18.4 Å². The lowest BCUT2D eigenvalue weighted by Crippen LogP contribution is -2.48. The first-order valence-electron chi connectivity index (χ1n) is 11.3. The largest absolute Gasteiger partial charge is 0.335 e. The summed E-state index contributed by atoms with van der Waals surface area (Å²) in [5.74, 6) is 0.364. The Labute approximate surface area is 185 Å². The number of nitrogens with zero attached hydrogens (tertiary/aromatic N) is 3. The number of benzene rings is 1. The smallest absolute Gasteiger partial charge is 0.318 e. The van der Waals surface area contributed by atoms with Crippen molar-refractivity contribution in [2.24, 2.45) is 0 Å².